The molecule has 3 heteroatoms. The molecule has 0 heterocycles. The highest BCUT2D eigenvalue weighted by atomic mass is 15.2. The van der Waals surface area contributed by atoms with Crippen LogP contribution in [0, 0.1) is 0 Å². The van der Waals surface area contributed by atoms with Crippen molar-refractivity contribution in [3.63, 3.8) is 0 Å². The average Bonchev–Trinajstić information content (AvgIpc) is 1.56. The summed E-state index contributed by atoms with van der Waals surface area (Å²) in [6, 6.07) is 98.6. The molecule has 15 rings (SSSR count). The van der Waals surface area contributed by atoms with Crippen LogP contribution in [-0.4, -0.2) is 0 Å². The number of nitrogens with zero attached hydrogens (tertiary/aromatic N) is 3. The molecule has 0 saturated heterocycles. The number of hydrogen-bond donors (Lipinski definition) is 0. The van der Waals surface area contributed by atoms with E-state index in [1.54, 1.807) is 11.1 Å². The van der Waals surface area contributed by atoms with E-state index >= 15 is 0 Å². The standard InChI is InChI=1S/C107H123N3/c1-7-13-19-36-67-105(68-37-20-14-8-2)99-52-35-34-51-93(99)94-62-58-89(76-100(94)105)109(86-48-32-27-33-49-86)90-59-64-96-98-66-61-92(79-104(98)107(102(96)77-90,71-40-23-17-11-5)72-41-24-18-12-6)110(87-50-42-43-81(74-87)83-56-54-80-53-55-82(80)73-83)91-60-65-97-95-63-57-88(108(84-44-28-25-29-45-84)85-46-30-26-31-47-85)75-101(95)106(103(97)78-91,69-38-21-15-9-3)70-39-22-16-10-4/h25-35,42-52,54,56-66,73-79H,7-24,36-41,53,55,67-72H2,1-6H3. The Bertz CT molecular complexity index is 4790. The normalized spacial score (nSPS) is 14.1. The van der Waals surface area contributed by atoms with Crippen molar-refractivity contribution in [2.24, 2.45) is 0 Å². The van der Waals surface area contributed by atoms with E-state index in [4.69, 9.17) is 0 Å². The van der Waals surface area contributed by atoms with E-state index < -0.39 is 0 Å². The molecule has 0 spiro atoms. The maximum atomic E-state index is 2.74. The van der Waals surface area contributed by atoms with Gasteiger partial charge in [-0.2, -0.15) is 0 Å². The predicted octanol–water partition coefficient (Wildman–Crippen LogP) is 32.5. The molecular formula is C107H123N3. The lowest BCUT2D eigenvalue weighted by atomic mass is 9.70. The highest BCUT2D eigenvalue weighted by Crippen LogP contribution is 2.61. The van der Waals surface area contributed by atoms with Crippen molar-refractivity contribution < 1.29 is 0 Å². The molecule has 3 nitrogen and oxygen atoms in total. The maximum Gasteiger partial charge on any atom is 0.0467 e. The van der Waals surface area contributed by atoms with Crippen LogP contribution in [-0.2, 0) is 29.1 Å². The Hall–Kier alpha value is -9.18. The highest BCUT2D eigenvalue weighted by molar-refractivity contribution is 5.93. The lowest BCUT2D eigenvalue weighted by Crippen LogP contribution is -2.27. The molecule has 0 N–H and O–H groups in total. The predicted molar refractivity (Wildman–Crippen MR) is 475 cm³/mol. The van der Waals surface area contributed by atoms with Gasteiger partial charge in [-0.3, -0.25) is 0 Å². The van der Waals surface area contributed by atoms with Gasteiger partial charge in [0.25, 0.3) is 0 Å². The number of fused-ring (bicyclic) bond motifs is 10. The molecule has 0 amide bonds. The second-order valence-electron chi connectivity index (χ2n) is 33.4. The first-order valence-electron chi connectivity index (χ1n) is 43.9. The Balaban J connectivity index is 0.907. The van der Waals surface area contributed by atoms with Crippen LogP contribution in [0.4, 0.5) is 51.2 Å². The van der Waals surface area contributed by atoms with Gasteiger partial charge in [0.15, 0.2) is 0 Å². The Morgan fingerprint density at radius 2 is 0.473 bits per heavy atom. The minimum Gasteiger partial charge on any atom is -0.310 e. The van der Waals surface area contributed by atoms with Gasteiger partial charge < -0.3 is 14.7 Å². The second kappa shape index (κ2) is 35.5. The summed E-state index contributed by atoms with van der Waals surface area (Å²) in [5, 5.41) is 0. The maximum absolute atomic E-state index is 2.74. The fraction of sp³-hybridized carbons (Fsp3) is 0.383. The van der Waals surface area contributed by atoms with Gasteiger partial charge in [0.2, 0.25) is 0 Å². The monoisotopic (exact) mass is 1450 g/mol. The number of aryl methyl sites for hydroxylation is 2. The van der Waals surface area contributed by atoms with E-state index in [0.29, 0.717) is 0 Å². The highest BCUT2D eigenvalue weighted by Gasteiger charge is 2.47. The summed E-state index contributed by atoms with van der Waals surface area (Å²) < 4.78 is 0. The molecular weight excluding hydrogens is 1330 g/mol. The van der Waals surface area contributed by atoms with Crippen LogP contribution in [0.1, 0.15) is 279 Å². The third-order valence-corrected chi connectivity index (χ3v) is 26.3. The zero-order valence-electron chi connectivity index (χ0n) is 67.6. The van der Waals surface area contributed by atoms with Gasteiger partial charge in [-0.1, -0.05) is 335 Å². The zero-order valence-corrected chi connectivity index (χ0v) is 67.6. The summed E-state index contributed by atoms with van der Waals surface area (Å²) in [5.41, 5.74) is 33.8. The van der Waals surface area contributed by atoms with Gasteiger partial charge in [0.05, 0.1) is 0 Å². The van der Waals surface area contributed by atoms with Crippen molar-refractivity contribution in [2.75, 3.05) is 14.7 Å². The Labute approximate surface area is 662 Å². The number of benzene rings is 11. The minimum atomic E-state index is -0.220. The lowest BCUT2D eigenvalue weighted by molar-refractivity contribution is 0.401. The molecule has 11 aromatic rings. The summed E-state index contributed by atoms with van der Waals surface area (Å²) in [6.45, 7) is 14.2. The Morgan fingerprint density at radius 3 is 0.800 bits per heavy atom. The van der Waals surface area contributed by atoms with E-state index in [1.807, 2.05) is 0 Å². The summed E-state index contributed by atoms with van der Waals surface area (Å²) in [6.07, 6.45) is 39.0. The molecule has 0 unspecified atom stereocenters. The van der Waals surface area contributed by atoms with Crippen molar-refractivity contribution >= 4 is 51.2 Å². The molecule has 0 radical (unpaired) electrons. The first-order chi connectivity index (χ1) is 54.3. The molecule has 4 aliphatic rings. The number of rotatable bonds is 40. The molecule has 0 saturated carbocycles. The van der Waals surface area contributed by atoms with Gasteiger partial charge in [-0.15, -0.1) is 0 Å². The molecule has 0 fully saturated rings. The lowest BCUT2D eigenvalue weighted by Gasteiger charge is -2.36. The molecule has 566 valence electrons. The van der Waals surface area contributed by atoms with Crippen LogP contribution in [0.25, 0.3) is 44.5 Å². The van der Waals surface area contributed by atoms with Crippen molar-refractivity contribution in [2.45, 2.75) is 263 Å². The van der Waals surface area contributed by atoms with Gasteiger partial charge in [0.1, 0.15) is 0 Å². The van der Waals surface area contributed by atoms with Crippen LogP contribution in [0.15, 0.2) is 249 Å². The molecule has 4 aliphatic carbocycles. The van der Waals surface area contributed by atoms with E-state index in [9.17, 15) is 0 Å². The van der Waals surface area contributed by atoms with Gasteiger partial charge >= 0.3 is 0 Å². The SMILES string of the molecule is CCCCCCC1(CCCCCC)c2ccccc2-c2ccc(N(c3ccccc3)c3ccc4c(c3)C(CCCCCC)(CCCCCC)c3cc(N(c5cccc(-c6ccc7c(c6)CC7)c5)c5ccc6c(c5)C(CCCCCC)(CCCCCC)c5cc(N(c7ccccc7)c7ccccc7)ccc5-6)ccc3-4)cc21. The van der Waals surface area contributed by atoms with E-state index in [0.717, 1.165) is 32.1 Å². The summed E-state index contributed by atoms with van der Waals surface area (Å²) in [7, 11) is 0. The van der Waals surface area contributed by atoms with Crippen molar-refractivity contribution in [1.82, 2.24) is 0 Å². The first-order valence-corrected chi connectivity index (χ1v) is 43.9. The largest absolute Gasteiger partial charge is 0.310 e. The van der Waals surface area contributed by atoms with E-state index in [-0.39, 0.29) is 16.2 Å². The fourth-order valence-corrected chi connectivity index (χ4v) is 20.5. The smallest absolute Gasteiger partial charge is 0.0467 e. The topological polar surface area (TPSA) is 9.72 Å². The summed E-state index contributed by atoms with van der Waals surface area (Å²) in [4.78, 5) is 7.84. The van der Waals surface area contributed by atoms with Gasteiger partial charge in [-0.05, 0) is 250 Å². The third kappa shape index (κ3) is 15.3. The Kier molecular flexibility index (Phi) is 24.6. The Morgan fingerprint density at radius 1 is 0.200 bits per heavy atom. The van der Waals surface area contributed by atoms with Gasteiger partial charge in [0, 0.05) is 67.4 Å². The molecule has 0 aliphatic heterocycles. The third-order valence-electron chi connectivity index (χ3n) is 26.3. The van der Waals surface area contributed by atoms with Gasteiger partial charge in [-0.25, -0.2) is 0 Å². The molecule has 0 bridgehead atoms. The summed E-state index contributed by atoms with van der Waals surface area (Å²) >= 11 is 0. The van der Waals surface area contributed by atoms with Crippen LogP contribution in [0.5, 0.6) is 0 Å². The van der Waals surface area contributed by atoms with E-state index in [1.165, 1.54) is 302 Å². The molecule has 0 aromatic heterocycles. The number of unbranched alkanes of at least 4 members (excludes halogenated alkanes) is 18. The zero-order chi connectivity index (χ0) is 75.3. The number of anilines is 9. The molecule has 110 heavy (non-hydrogen) atoms. The van der Waals surface area contributed by atoms with E-state index in [2.05, 4.69) is 305 Å². The van der Waals surface area contributed by atoms with Crippen molar-refractivity contribution in [3.8, 4) is 44.5 Å². The van der Waals surface area contributed by atoms with Crippen LogP contribution < -0.4 is 14.7 Å². The quantitative estimate of drug-likeness (QED) is 0.0355. The van der Waals surface area contributed by atoms with Crippen LogP contribution >= 0.6 is 0 Å². The summed E-state index contributed by atoms with van der Waals surface area (Å²) in [5.74, 6) is 0. The first kappa shape index (κ1) is 76.2. The average molecular weight is 1450 g/mol. The minimum absolute atomic E-state index is 0.0269. The van der Waals surface area contributed by atoms with Crippen LogP contribution in [0.2, 0.25) is 0 Å². The molecule has 11 aromatic carbocycles. The fourth-order valence-electron chi connectivity index (χ4n) is 20.5. The van der Waals surface area contributed by atoms with Crippen LogP contribution in [0.3, 0.4) is 0 Å². The van der Waals surface area contributed by atoms with Crippen molar-refractivity contribution in [1.29, 1.82) is 0 Å². The van der Waals surface area contributed by atoms with Crippen molar-refractivity contribution in [3.05, 3.63) is 293 Å². The number of para-hydroxylation sites is 3. The second-order valence-corrected chi connectivity index (χ2v) is 33.4. The molecule has 0 atom stereocenters. The number of hydrogen-bond acceptors (Lipinski definition) is 3.